The van der Waals surface area contributed by atoms with Crippen molar-refractivity contribution >= 4 is 11.6 Å². The zero-order valence-corrected chi connectivity index (χ0v) is 11.4. The van der Waals surface area contributed by atoms with Crippen molar-refractivity contribution in [2.45, 2.75) is 46.1 Å². The standard InChI is InChI=1S/C13H23N5/c1-8-5-4-6-11(9(8)2)17-12-10(3)13(18-14)16-7-15-12/h7-9,11H,4-6,14H2,1-3H3,(H2,15,16,17,18). The highest BCUT2D eigenvalue weighted by Crippen LogP contribution is 2.32. The van der Waals surface area contributed by atoms with Gasteiger partial charge in [-0.25, -0.2) is 15.8 Å². The third-order valence-electron chi connectivity index (χ3n) is 4.25. The molecule has 5 heteroatoms. The fraction of sp³-hybridized carbons (Fsp3) is 0.692. The highest BCUT2D eigenvalue weighted by molar-refractivity contribution is 5.56. The summed E-state index contributed by atoms with van der Waals surface area (Å²) in [6.45, 7) is 6.63. The number of aromatic nitrogens is 2. The monoisotopic (exact) mass is 249 g/mol. The van der Waals surface area contributed by atoms with Crippen molar-refractivity contribution in [1.82, 2.24) is 9.97 Å². The van der Waals surface area contributed by atoms with E-state index in [1.165, 1.54) is 19.3 Å². The van der Waals surface area contributed by atoms with Crippen molar-refractivity contribution < 1.29 is 0 Å². The maximum absolute atomic E-state index is 5.43. The lowest BCUT2D eigenvalue weighted by Gasteiger charge is -2.35. The van der Waals surface area contributed by atoms with Gasteiger partial charge in [-0.1, -0.05) is 26.7 Å². The van der Waals surface area contributed by atoms with Gasteiger partial charge in [-0.05, 0) is 25.2 Å². The first-order chi connectivity index (χ1) is 8.63. The summed E-state index contributed by atoms with van der Waals surface area (Å²) in [5.41, 5.74) is 3.58. The molecule has 0 saturated heterocycles. The maximum Gasteiger partial charge on any atom is 0.148 e. The van der Waals surface area contributed by atoms with Crippen LogP contribution in [-0.4, -0.2) is 16.0 Å². The Labute approximate surface area is 109 Å². The van der Waals surface area contributed by atoms with E-state index in [9.17, 15) is 0 Å². The van der Waals surface area contributed by atoms with Gasteiger partial charge < -0.3 is 10.7 Å². The van der Waals surface area contributed by atoms with Gasteiger partial charge in [0.2, 0.25) is 0 Å². The minimum Gasteiger partial charge on any atom is -0.367 e. The molecule has 2 rings (SSSR count). The van der Waals surface area contributed by atoms with Crippen LogP contribution in [0.4, 0.5) is 11.6 Å². The Hall–Kier alpha value is -1.36. The molecule has 0 bridgehead atoms. The summed E-state index contributed by atoms with van der Waals surface area (Å²) in [5.74, 6) is 8.45. The summed E-state index contributed by atoms with van der Waals surface area (Å²) in [7, 11) is 0. The van der Waals surface area contributed by atoms with Gasteiger partial charge in [0.1, 0.15) is 18.0 Å². The number of hydrogen-bond donors (Lipinski definition) is 3. The molecule has 1 saturated carbocycles. The SMILES string of the molecule is Cc1c(NN)ncnc1NC1CCCC(C)C1C. The molecule has 18 heavy (non-hydrogen) atoms. The van der Waals surface area contributed by atoms with E-state index >= 15 is 0 Å². The second-order valence-electron chi connectivity index (χ2n) is 5.36. The van der Waals surface area contributed by atoms with Crippen molar-refractivity contribution in [1.29, 1.82) is 0 Å². The van der Waals surface area contributed by atoms with Gasteiger partial charge in [0.05, 0.1) is 0 Å². The fourth-order valence-electron chi connectivity index (χ4n) is 2.70. The van der Waals surface area contributed by atoms with Crippen LogP contribution in [0.1, 0.15) is 38.7 Å². The zero-order chi connectivity index (χ0) is 13.1. The molecular weight excluding hydrogens is 226 g/mol. The number of nitrogens with two attached hydrogens (primary N) is 1. The van der Waals surface area contributed by atoms with Gasteiger partial charge in [-0.15, -0.1) is 0 Å². The average molecular weight is 249 g/mol. The summed E-state index contributed by atoms with van der Waals surface area (Å²) in [6, 6.07) is 0.493. The van der Waals surface area contributed by atoms with Gasteiger partial charge in [0, 0.05) is 11.6 Å². The number of rotatable bonds is 3. The topological polar surface area (TPSA) is 75.9 Å². The van der Waals surface area contributed by atoms with E-state index in [0.29, 0.717) is 17.8 Å². The molecule has 1 aliphatic carbocycles. The lowest BCUT2D eigenvalue weighted by atomic mass is 9.78. The number of hydrazine groups is 1. The van der Waals surface area contributed by atoms with Crippen LogP contribution in [0.25, 0.3) is 0 Å². The molecule has 5 nitrogen and oxygen atoms in total. The van der Waals surface area contributed by atoms with E-state index in [0.717, 1.165) is 17.3 Å². The van der Waals surface area contributed by atoms with E-state index in [-0.39, 0.29) is 0 Å². The van der Waals surface area contributed by atoms with E-state index in [2.05, 4.69) is 34.6 Å². The molecule has 1 aliphatic rings. The summed E-state index contributed by atoms with van der Waals surface area (Å²) in [4.78, 5) is 8.42. The van der Waals surface area contributed by atoms with Gasteiger partial charge in [0.25, 0.3) is 0 Å². The largest absolute Gasteiger partial charge is 0.367 e. The van der Waals surface area contributed by atoms with Crippen LogP contribution < -0.4 is 16.6 Å². The lowest BCUT2D eigenvalue weighted by molar-refractivity contribution is 0.253. The summed E-state index contributed by atoms with van der Waals surface area (Å²) < 4.78 is 0. The first kappa shape index (κ1) is 13.1. The van der Waals surface area contributed by atoms with Crippen molar-refractivity contribution in [3.05, 3.63) is 11.9 Å². The van der Waals surface area contributed by atoms with E-state index < -0.39 is 0 Å². The molecule has 1 aromatic heterocycles. The van der Waals surface area contributed by atoms with Crippen LogP contribution in [-0.2, 0) is 0 Å². The molecule has 0 spiro atoms. The van der Waals surface area contributed by atoms with Gasteiger partial charge in [-0.3, -0.25) is 0 Å². The first-order valence-electron chi connectivity index (χ1n) is 6.68. The minimum absolute atomic E-state index is 0.493. The zero-order valence-electron chi connectivity index (χ0n) is 11.4. The molecular formula is C13H23N5. The smallest absolute Gasteiger partial charge is 0.148 e. The van der Waals surface area contributed by atoms with Crippen LogP contribution in [0, 0.1) is 18.8 Å². The number of nitrogens with one attached hydrogen (secondary N) is 2. The van der Waals surface area contributed by atoms with Crippen molar-refractivity contribution in [3.63, 3.8) is 0 Å². The Bertz CT molecular complexity index is 406. The molecule has 1 heterocycles. The number of nitrogen functional groups attached to an aromatic ring is 1. The number of nitrogens with zero attached hydrogens (tertiary/aromatic N) is 2. The predicted molar refractivity (Wildman–Crippen MR) is 74.2 cm³/mol. The molecule has 4 N–H and O–H groups in total. The molecule has 100 valence electrons. The molecule has 3 unspecified atom stereocenters. The molecule has 1 fully saturated rings. The predicted octanol–water partition coefficient (Wildman–Crippen LogP) is 2.31. The molecule has 0 amide bonds. The number of anilines is 2. The van der Waals surface area contributed by atoms with Crippen molar-refractivity contribution in [3.8, 4) is 0 Å². The summed E-state index contributed by atoms with van der Waals surface area (Å²) >= 11 is 0. The van der Waals surface area contributed by atoms with Crippen LogP contribution in [0.2, 0.25) is 0 Å². The quantitative estimate of drug-likeness (QED) is 0.566. The molecule has 0 aromatic carbocycles. The maximum atomic E-state index is 5.43. The van der Waals surface area contributed by atoms with E-state index in [4.69, 9.17) is 5.84 Å². The Morgan fingerprint density at radius 2 is 1.94 bits per heavy atom. The first-order valence-corrected chi connectivity index (χ1v) is 6.68. The van der Waals surface area contributed by atoms with Crippen LogP contribution in [0.3, 0.4) is 0 Å². The molecule has 0 aliphatic heterocycles. The summed E-state index contributed by atoms with van der Waals surface area (Å²) in [6.07, 6.45) is 5.37. The van der Waals surface area contributed by atoms with Gasteiger partial charge in [-0.2, -0.15) is 0 Å². The molecule has 1 aromatic rings. The third kappa shape index (κ3) is 2.56. The Morgan fingerprint density at radius 1 is 1.22 bits per heavy atom. The summed E-state index contributed by atoms with van der Waals surface area (Å²) in [5, 5.41) is 3.56. The van der Waals surface area contributed by atoms with E-state index in [1.54, 1.807) is 6.33 Å². The average Bonchev–Trinajstić information content (AvgIpc) is 2.37. The highest BCUT2D eigenvalue weighted by Gasteiger charge is 2.27. The Morgan fingerprint density at radius 3 is 2.67 bits per heavy atom. The molecule has 3 atom stereocenters. The van der Waals surface area contributed by atoms with Gasteiger partial charge in [0.15, 0.2) is 0 Å². The number of hydrogen-bond acceptors (Lipinski definition) is 5. The van der Waals surface area contributed by atoms with Gasteiger partial charge >= 0.3 is 0 Å². The van der Waals surface area contributed by atoms with Crippen molar-refractivity contribution in [2.24, 2.45) is 17.7 Å². The van der Waals surface area contributed by atoms with E-state index in [1.807, 2.05) is 6.92 Å². The Balaban J connectivity index is 2.13. The second-order valence-corrected chi connectivity index (χ2v) is 5.36. The van der Waals surface area contributed by atoms with Crippen LogP contribution in [0.5, 0.6) is 0 Å². The van der Waals surface area contributed by atoms with Crippen molar-refractivity contribution in [2.75, 3.05) is 10.7 Å². The Kier molecular flexibility index (Phi) is 4.01. The normalized spacial score (nSPS) is 27.9. The fourth-order valence-corrected chi connectivity index (χ4v) is 2.70. The highest BCUT2D eigenvalue weighted by atomic mass is 15.3. The minimum atomic E-state index is 0.493. The third-order valence-corrected chi connectivity index (χ3v) is 4.25. The van der Waals surface area contributed by atoms with Crippen LogP contribution >= 0.6 is 0 Å². The molecule has 0 radical (unpaired) electrons. The van der Waals surface area contributed by atoms with Crippen LogP contribution in [0.15, 0.2) is 6.33 Å². The second kappa shape index (κ2) is 5.52. The lowest BCUT2D eigenvalue weighted by Crippen LogP contribution is -2.35.